The standard InChI is InChI=1S/C33H40N8O6.C2HF3O2/c1-19-29(44)40-25(7-4-14-36-33(34)35)31(46)41-26(17-21-8-11-22-5-2-3-6-23(22)15-21)30(45)37-18-28(43)39-27(32(47)38-19)16-20-9-12-24(42)13-10-20;3-2(4,5)1(6)7/h2-3,5-6,8-13,15,19,25-27,42H,4,7,14,16-18H2,1H3,(H,37,45)(H,38,47)(H,39,43)(H,40,44)(H,41,46)(H4,34,35,36);(H,6,7)/t19-,25-,26-,27+;/m0./s1. The van der Waals surface area contributed by atoms with Crippen LogP contribution in [0.3, 0.4) is 0 Å². The molecule has 1 aliphatic heterocycles. The van der Waals surface area contributed by atoms with Crippen molar-refractivity contribution < 1.29 is 52.2 Å². The van der Waals surface area contributed by atoms with Gasteiger partial charge >= 0.3 is 12.1 Å². The van der Waals surface area contributed by atoms with Crippen LogP contribution in [0.15, 0.2) is 71.7 Å². The van der Waals surface area contributed by atoms with Gasteiger partial charge in [-0.1, -0.05) is 54.6 Å². The molecular weight excluding hydrogens is 717 g/mol. The summed E-state index contributed by atoms with van der Waals surface area (Å²) in [4.78, 5) is 79.5. The Bertz CT molecular complexity index is 1850. The second-order valence-corrected chi connectivity index (χ2v) is 12.2. The number of benzene rings is 3. The highest BCUT2D eigenvalue weighted by Gasteiger charge is 2.38. The first-order valence-corrected chi connectivity index (χ1v) is 16.5. The third-order valence-corrected chi connectivity index (χ3v) is 7.91. The van der Waals surface area contributed by atoms with Crippen molar-refractivity contribution in [2.75, 3.05) is 13.1 Å². The monoisotopic (exact) mass is 758 g/mol. The van der Waals surface area contributed by atoms with E-state index < -0.39 is 72.4 Å². The topological polar surface area (TPSA) is 267 Å². The van der Waals surface area contributed by atoms with E-state index in [2.05, 4.69) is 31.6 Å². The molecule has 0 unspecified atom stereocenters. The van der Waals surface area contributed by atoms with Crippen molar-refractivity contribution in [2.24, 2.45) is 16.5 Å². The molecule has 4 rings (SSSR count). The normalized spacial score (nSPS) is 20.0. The number of alkyl halides is 3. The van der Waals surface area contributed by atoms with Crippen LogP contribution in [0.5, 0.6) is 5.75 Å². The van der Waals surface area contributed by atoms with Crippen molar-refractivity contribution in [3.05, 3.63) is 77.9 Å². The van der Waals surface area contributed by atoms with Crippen LogP contribution in [-0.4, -0.2) is 95.1 Å². The fourth-order valence-electron chi connectivity index (χ4n) is 5.14. The molecule has 16 nitrogen and oxygen atoms in total. The van der Waals surface area contributed by atoms with Gasteiger partial charge in [0.25, 0.3) is 0 Å². The minimum absolute atomic E-state index is 0.0339. The molecule has 54 heavy (non-hydrogen) atoms. The third kappa shape index (κ3) is 13.6. The number of guanidine groups is 1. The number of carbonyl (C=O) groups excluding carboxylic acids is 5. The molecule has 19 heteroatoms. The average molecular weight is 759 g/mol. The molecule has 1 aliphatic rings. The minimum atomic E-state index is -5.08. The number of hydrogen-bond acceptors (Lipinski definition) is 8. The van der Waals surface area contributed by atoms with Gasteiger partial charge in [0.05, 0.1) is 6.54 Å². The van der Waals surface area contributed by atoms with Crippen LogP contribution in [-0.2, 0) is 41.6 Å². The predicted octanol–water partition coefficient (Wildman–Crippen LogP) is 0.106. The number of nitrogens with one attached hydrogen (secondary N) is 5. The SMILES string of the molecule is C[C@@H]1NC(=O)[C@@H](Cc2ccc(O)cc2)NC(=O)CNC(=O)[C@H](Cc2ccc3ccccc3c2)NC(=O)[C@H](CCCN=C(N)N)NC1=O.O=C(O)C(F)(F)F. The number of halogens is 3. The fourth-order valence-corrected chi connectivity index (χ4v) is 5.14. The first-order valence-electron chi connectivity index (χ1n) is 16.5. The zero-order valence-electron chi connectivity index (χ0n) is 29.0. The van der Waals surface area contributed by atoms with Crippen LogP contribution in [0.4, 0.5) is 13.2 Å². The van der Waals surface area contributed by atoms with Gasteiger partial charge in [0.15, 0.2) is 5.96 Å². The Morgan fingerprint density at radius 2 is 1.33 bits per heavy atom. The lowest BCUT2D eigenvalue weighted by molar-refractivity contribution is -0.192. The molecule has 11 N–H and O–H groups in total. The number of aromatic hydroxyl groups is 1. The number of nitrogens with zero attached hydrogens (tertiary/aromatic N) is 1. The number of aliphatic imine (C=N–C) groups is 1. The molecule has 3 aromatic carbocycles. The molecule has 1 fully saturated rings. The number of fused-ring (bicyclic) bond motifs is 1. The second kappa shape index (κ2) is 19.4. The van der Waals surface area contributed by atoms with E-state index in [-0.39, 0.29) is 37.5 Å². The van der Waals surface area contributed by atoms with Gasteiger partial charge in [-0.3, -0.25) is 29.0 Å². The summed E-state index contributed by atoms with van der Waals surface area (Å²) >= 11 is 0. The Balaban J connectivity index is 0.00000102. The second-order valence-electron chi connectivity index (χ2n) is 12.2. The summed E-state index contributed by atoms with van der Waals surface area (Å²) < 4.78 is 31.7. The van der Waals surface area contributed by atoms with E-state index in [0.717, 1.165) is 16.3 Å². The lowest BCUT2D eigenvalue weighted by Crippen LogP contribution is -2.57. The van der Waals surface area contributed by atoms with Gasteiger partial charge in [0.2, 0.25) is 29.5 Å². The fraction of sp³-hybridized carbons (Fsp3) is 0.343. The molecule has 0 aliphatic carbocycles. The molecule has 0 aromatic heterocycles. The van der Waals surface area contributed by atoms with Gasteiger partial charge in [-0.2, -0.15) is 13.2 Å². The molecule has 290 valence electrons. The van der Waals surface area contributed by atoms with Crippen molar-refractivity contribution in [3.8, 4) is 5.75 Å². The number of phenols is 1. The highest BCUT2D eigenvalue weighted by molar-refractivity contribution is 5.97. The number of rotatable bonds is 8. The summed E-state index contributed by atoms with van der Waals surface area (Å²) in [5.41, 5.74) is 12.2. The van der Waals surface area contributed by atoms with Crippen LogP contribution >= 0.6 is 0 Å². The van der Waals surface area contributed by atoms with E-state index in [1.54, 1.807) is 12.1 Å². The van der Waals surface area contributed by atoms with Crippen molar-refractivity contribution in [2.45, 2.75) is 63.0 Å². The summed E-state index contributed by atoms with van der Waals surface area (Å²) in [7, 11) is 0. The number of nitrogens with two attached hydrogens (primary N) is 2. The van der Waals surface area contributed by atoms with Crippen LogP contribution in [0, 0.1) is 0 Å². The summed E-state index contributed by atoms with van der Waals surface area (Å²) in [6, 6.07) is 15.1. The Morgan fingerprint density at radius 1 is 0.778 bits per heavy atom. The first-order chi connectivity index (χ1) is 25.4. The summed E-state index contributed by atoms with van der Waals surface area (Å²) in [6.07, 6.45) is -4.49. The van der Waals surface area contributed by atoms with Gasteiger partial charge < -0.3 is 48.3 Å². The van der Waals surface area contributed by atoms with E-state index >= 15 is 0 Å². The highest BCUT2D eigenvalue weighted by atomic mass is 19.4. The van der Waals surface area contributed by atoms with Gasteiger partial charge in [0.1, 0.15) is 29.9 Å². The zero-order valence-corrected chi connectivity index (χ0v) is 29.0. The number of phenolic OH excluding ortho intramolecular Hbond substituents is 1. The highest BCUT2D eigenvalue weighted by Crippen LogP contribution is 2.17. The maximum absolute atomic E-state index is 13.6. The van der Waals surface area contributed by atoms with Crippen LogP contribution in [0.1, 0.15) is 30.9 Å². The number of carboxylic acid groups (broad SMARTS) is 1. The van der Waals surface area contributed by atoms with Crippen LogP contribution in [0.2, 0.25) is 0 Å². The van der Waals surface area contributed by atoms with E-state index in [0.29, 0.717) is 12.0 Å². The van der Waals surface area contributed by atoms with Crippen LogP contribution < -0.4 is 38.1 Å². The van der Waals surface area contributed by atoms with E-state index in [4.69, 9.17) is 21.4 Å². The van der Waals surface area contributed by atoms with Crippen molar-refractivity contribution in [1.82, 2.24) is 26.6 Å². The molecular formula is C35H41F3N8O8. The molecule has 3 aromatic rings. The Hall–Kier alpha value is -6.40. The van der Waals surface area contributed by atoms with Crippen molar-refractivity contribution >= 4 is 52.2 Å². The summed E-state index contributed by atoms with van der Waals surface area (Å²) in [5.74, 6) is -6.06. The molecule has 1 saturated heterocycles. The predicted molar refractivity (Wildman–Crippen MR) is 189 cm³/mol. The smallest absolute Gasteiger partial charge is 0.490 e. The maximum Gasteiger partial charge on any atom is 0.490 e. The minimum Gasteiger partial charge on any atom is -0.508 e. The quantitative estimate of drug-likeness (QED) is 0.0850. The van der Waals surface area contributed by atoms with Crippen molar-refractivity contribution in [3.63, 3.8) is 0 Å². The Morgan fingerprint density at radius 3 is 1.96 bits per heavy atom. The lowest BCUT2D eigenvalue weighted by atomic mass is 10.0. The number of amides is 5. The Labute approximate surface area is 306 Å². The van der Waals surface area contributed by atoms with E-state index in [1.165, 1.54) is 19.1 Å². The Kier molecular flexibility index (Phi) is 15.1. The number of carbonyl (C=O) groups is 6. The average Bonchev–Trinajstić information content (AvgIpc) is 3.11. The van der Waals surface area contributed by atoms with E-state index in [1.807, 2.05) is 42.5 Å². The van der Waals surface area contributed by atoms with Gasteiger partial charge in [-0.05, 0) is 53.8 Å². The number of carboxylic acids is 1. The zero-order chi connectivity index (χ0) is 40.0. The molecule has 5 amide bonds. The molecule has 0 radical (unpaired) electrons. The molecule has 4 atom stereocenters. The van der Waals surface area contributed by atoms with Gasteiger partial charge in [-0.25, -0.2) is 4.79 Å². The number of hydrogen-bond donors (Lipinski definition) is 9. The maximum atomic E-state index is 13.6. The van der Waals surface area contributed by atoms with E-state index in [9.17, 15) is 42.3 Å². The summed E-state index contributed by atoms with van der Waals surface area (Å²) in [6.45, 7) is 1.17. The first kappa shape index (κ1) is 42.0. The number of aliphatic carboxylic acids is 1. The molecule has 1 heterocycles. The third-order valence-electron chi connectivity index (χ3n) is 7.91. The lowest BCUT2D eigenvalue weighted by Gasteiger charge is -2.24. The molecule has 0 spiro atoms. The largest absolute Gasteiger partial charge is 0.508 e. The van der Waals surface area contributed by atoms with Gasteiger partial charge in [0, 0.05) is 19.4 Å². The van der Waals surface area contributed by atoms with Crippen molar-refractivity contribution in [1.29, 1.82) is 0 Å². The van der Waals surface area contributed by atoms with Crippen LogP contribution in [0.25, 0.3) is 10.8 Å². The summed E-state index contributed by atoms with van der Waals surface area (Å²) in [5, 5.41) is 31.9. The molecule has 0 bridgehead atoms. The van der Waals surface area contributed by atoms with Gasteiger partial charge in [-0.15, -0.1) is 0 Å². The molecule has 0 saturated carbocycles.